The summed E-state index contributed by atoms with van der Waals surface area (Å²) in [5, 5.41) is 10.6. The average molecular weight is 411 g/mol. The summed E-state index contributed by atoms with van der Waals surface area (Å²) >= 11 is 12.1. The minimum Gasteiger partial charge on any atom is -0.493 e. The van der Waals surface area contributed by atoms with Crippen molar-refractivity contribution < 1.29 is 9.47 Å². The minimum atomic E-state index is 0.277. The van der Waals surface area contributed by atoms with Gasteiger partial charge in [-0.3, -0.25) is 4.98 Å². The molecule has 0 saturated heterocycles. The topological polar surface area (TPSA) is 55.1 Å². The molecule has 0 aliphatic heterocycles. The molecule has 3 rings (SSSR count). The predicted molar refractivity (Wildman–Crippen MR) is 112 cm³/mol. The van der Waals surface area contributed by atoms with Gasteiger partial charge < -0.3 is 9.47 Å². The SMILES string of the molecule is COc1cc(C=C(C#N)c2ccccn2)ccc1OCc1ccc(Cl)cc1Cl. The number of nitriles is 1. The number of aromatic nitrogens is 1. The summed E-state index contributed by atoms with van der Waals surface area (Å²) in [6.07, 6.45) is 3.41. The zero-order chi connectivity index (χ0) is 19.9. The molecule has 3 aromatic rings. The Hall–Kier alpha value is -3.00. The zero-order valence-corrected chi connectivity index (χ0v) is 16.5. The lowest BCUT2D eigenvalue weighted by atomic mass is 10.1. The first kappa shape index (κ1) is 19.8. The van der Waals surface area contributed by atoms with Gasteiger partial charge in [0.1, 0.15) is 12.7 Å². The average Bonchev–Trinajstić information content (AvgIpc) is 2.72. The lowest BCUT2D eigenvalue weighted by Gasteiger charge is -2.12. The van der Waals surface area contributed by atoms with E-state index in [9.17, 15) is 5.26 Å². The molecule has 0 atom stereocenters. The highest BCUT2D eigenvalue weighted by Gasteiger charge is 2.09. The van der Waals surface area contributed by atoms with Gasteiger partial charge in [-0.2, -0.15) is 5.26 Å². The van der Waals surface area contributed by atoms with Crippen molar-refractivity contribution in [3.8, 4) is 17.6 Å². The lowest BCUT2D eigenvalue weighted by Crippen LogP contribution is -1.98. The molecule has 2 aromatic carbocycles. The van der Waals surface area contributed by atoms with Gasteiger partial charge in [0.05, 0.1) is 18.4 Å². The van der Waals surface area contributed by atoms with Crippen molar-refractivity contribution in [2.24, 2.45) is 0 Å². The number of hydrogen-bond acceptors (Lipinski definition) is 4. The monoisotopic (exact) mass is 410 g/mol. The van der Waals surface area contributed by atoms with Crippen LogP contribution in [0.25, 0.3) is 11.6 Å². The fourth-order valence-corrected chi connectivity index (χ4v) is 3.00. The van der Waals surface area contributed by atoms with Crippen LogP contribution in [0.4, 0.5) is 0 Å². The molecule has 0 bridgehead atoms. The summed E-state index contributed by atoms with van der Waals surface area (Å²) in [6.45, 7) is 0.277. The predicted octanol–water partition coefficient (Wildman–Crippen LogP) is 6.04. The molecule has 0 radical (unpaired) electrons. The second kappa shape index (κ2) is 9.27. The first-order valence-corrected chi connectivity index (χ1v) is 9.14. The molecule has 0 N–H and O–H groups in total. The van der Waals surface area contributed by atoms with E-state index in [0.29, 0.717) is 32.8 Å². The van der Waals surface area contributed by atoms with Crippen LogP contribution in [0.15, 0.2) is 60.8 Å². The molecule has 0 aliphatic rings. The standard InChI is InChI=1S/C22H16Cl2N2O2/c1-27-22-11-15(10-17(13-25)20-4-2-3-9-26-20)5-8-21(22)28-14-16-6-7-18(23)12-19(16)24/h2-12H,14H2,1H3. The van der Waals surface area contributed by atoms with Crippen LogP contribution in [0.3, 0.4) is 0 Å². The van der Waals surface area contributed by atoms with Crippen molar-refractivity contribution in [1.29, 1.82) is 5.26 Å². The first-order valence-electron chi connectivity index (χ1n) is 8.38. The van der Waals surface area contributed by atoms with Crippen LogP contribution in [-0.4, -0.2) is 12.1 Å². The number of rotatable bonds is 6. The summed E-state index contributed by atoms with van der Waals surface area (Å²) in [5.74, 6) is 1.12. The van der Waals surface area contributed by atoms with Crippen LogP contribution in [-0.2, 0) is 6.61 Å². The van der Waals surface area contributed by atoms with Gasteiger partial charge >= 0.3 is 0 Å². The van der Waals surface area contributed by atoms with Gasteiger partial charge in [-0.15, -0.1) is 0 Å². The molecule has 1 aromatic heterocycles. The quantitative estimate of drug-likeness (QED) is 0.464. The van der Waals surface area contributed by atoms with Gasteiger partial charge in [-0.05, 0) is 48.0 Å². The number of allylic oxidation sites excluding steroid dienone is 1. The van der Waals surface area contributed by atoms with Crippen LogP contribution >= 0.6 is 23.2 Å². The summed E-state index contributed by atoms with van der Waals surface area (Å²) in [5.41, 5.74) is 2.70. The van der Waals surface area contributed by atoms with E-state index in [-0.39, 0.29) is 6.61 Å². The van der Waals surface area contributed by atoms with E-state index in [2.05, 4.69) is 11.1 Å². The molecule has 0 unspecified atom stereocenters. The molecule has 0 saturated carbocycles. The van der Waals surface area contributed by atoms with Gasteiger partial charge in [0.2, 0.25) is 0 Å². The number of pyridine rings is 1. The smallest absolute Gasteiger partial charge is 0.161 e. The molecule has 1 heterocycles. The number of methoxy groups -OCH3 is 1. The Bertz CT molecular complexity index is 1040. The number of hydrogen-bond donors (Lipinski definition) is 0. The Balaban J connectivity index is 1.82. The molecule has 0 aliphatic carbocycles. The summed E-state index contributed by atoms with van der Waals surface area (Å²) in [6, 6.07) is 18.3. The molecule has 0 amide bonds. The Morgan fingerprint density at radius 3 is 2.64 bits per heavy atom. The van der Waals surface area contributed by atoms with Gasteiger partial charge in [-0.25, -0.2) is 0 Å². The summed E-state index contributed by atoms with van der Waals surface area (Å²) in [4.78, 5) is 4.22. The third kappa shape index (κ3) is 4.83. The van der Waals surface area contributed by atoms with Crippen molar-refractivity contribution in [1.82, 2.24) is 4.98 Å². The van der Waals surface area contributed by atoms with Gasteiger partial charge in [0.25, 0.3) is 0 Å². The van der Waals surface area contributed by atoms with E-state index < -0.39 is 0 Å². The van der Waals surface area contributed by atoms with Crippen LogP contribution in [0.2, 0.25) is 10.0 Å². The minimum absolute atomic E-state index is 0.277. The van der Waals surface area contributed by atoms with Crippen molar-refractivity contribution >= 4 is 34.9 Å². The highest BCUT2D eigenvalue weighted by Crippen LogP contribution is 2.31. The number of ether oxygens (including phenoxy) is 2. The molecule has 4 nitrogen and oxygen atoms in total. The first-order chi connectivity index (χ1) is 13.6. The van der Waals surface area contributed by atoms with E-state index in [1.165, 1.54) is 0 Å². The number of benzene rings is 2. The maximum atomic E-state index is 9.44. The molecule has 6 heteroatoms. The number of halogens is 2. The van der Waals surface area contributed by atoms with Crippen LogP contribution in [0.5, 0.6) is 11.5 Å². The lowest BCUT2D eigenvalue weighted by molar-refractivity contribution is 0.284. The molecule has 28 heavy (non-hydrogen) atoms. The van der Waals surface area contributed by atoms with Crippen molar-refractivity contribution in [3.63, 3.8) is 0 Å². The van der Waals surface area contributed by atoms with E-state index in [1.54, 1.807) is 55.8 Å². The maximum absolute atomic E-state index is 9.44. The van der Waals surface area contributed by atoms with Gasteiger partial charge in [0.15, 0.2) is 11.5 Å². The largest absolute Gasteiger partial charge is 0.493 e. The fourth-order valence-electron chi connectivity index (χ4n) is 2.54. The van der Waals surface area contributed by atoms with Crippen molar-refractivity contribution in [2.45, 2.75) is 6.61 Å². The Labute approximate surface area is 173 Å². The van der Waals surface area contributed by atoms with Crippen molar-refractivity contribution in [2.75, 3.05) is 7.11 Å². The summed E-state index contributed by atoms with van der Waals surface area (Å²) < 4.78 is 11.3. The zero-order valence-electron chi connectivity index (χ0n) is 15.0. The third-order valence-electron chi connectivity index (χ3n) is 3.96. The molecular formula is C22H16Cl2N2O2. The van der Waals surface area contributed by atoms with E-state index in [1.807, 2.05) is 18.2 Å². The Morgan fingerprint density at radius 2 is 1.96 bits per heavy atom. The highest BCUT2D eigenvalue weighted by atomic mass is 35.5. The second-order valence-corrected chi connectivity index (χ2v) is 6.66. The second-order valence-electron chi connectivity index (χ2n) is 5.82. The maximum Gasteiger partial charge on any atom is 0.161 e. The third-order valence-corrected chi connectivity index (χ3v) is 4.55. The highest BCUT2D eigenvalue weighted by molar-refractivity contribution is 6.35. The Morgan fingerprint density at radius 1 is 1.11 bits per heavy atom. The number of nitrogens with zero attached hydrogens (tertiary/aromatic N) is 2. The molecule has 0 spiro atoms. The normalized spacial score (nSPS) is 11.0. The van der Waals surface area contributed by atoms with Gasteiger partial charge in [0, 0.05) is 21.8 Å². The molecular weight excluding hydrogens is 395 g/mol. The van der Waals surface area contributed by atoms with Crippen molar-refractivity contribution in [3.05, 3.63) is 87.7 Å². The molecule has 0 fully saturated rings. The van der Waals surface area contributed by atoms with Crippen LogP contribution < -0.4 is 9.47 Å². The summed E-state index contributed by atoms with van der Waals surface area (Å²) in [7, 11) is 1.56. The fraction of sp³-hybridized carbons (Fsp3) is 0.0909. The van der Waals surface area contributed by atoms with E-state index in [0.717, 1.165) is 11.1 Å². The van der Waals surface area contributed by atoms with E-state index in [4.69, 9.17) is 32.7 Å². The Kier molecular flexibility index (Phi) is 6.54. The molecule has 140 valence electrons. The van der Waals surface area contributed by atoms with Crippen LogP contribution in [0, 0.1) is 11.3 Å². The van der Waals surface area contributed by atoms with Gasteiger partial charge in [-0.1, -0.05) is 41.4 Å². The van der Waals surface area contributed by atoms with Crippen LogP contribution in [0.1, 0.15) is 16.8 Å². The van der Waals surface area contributed by atoms with E-state index >= 15 is 0 Å².